The molecule has 2 aliphatic carbocycles. The lowest BCUT2D eigenvalue weighted by Gasteiger charge is -2.40. The van der Waals surface area contributed by atoms with Crippen molar-refractivity contribution in [1.29, 1.82) is 0 Å². The van der Waals surface area contributed by atoms with Gasteiger partial charge in [0.25, 0.3) is 0 Å². The first-order valence-electron chi connectivity index (χ1n) is 9.61. The molecular weight excluding hydrogens is 357 g/mol. The zero-order valence-electron chi connectivity index (χ0n) is 15.3. The van der Waals surface area contributed by atoms with E-state index in [0.29, 0.717) is 11.7 Å². The molecule has 1 heterocycles. The largest absolute Gasteiger partial charge is 0.325 e. The van der Waals surface area contributed by atoms with Gasteiger partial charge in [-0.3, -0.25) is 4.79 Å². The van der Waals surface area contributed by atoms with Gasteiger partial charge >= 0.3 is 0 Å². The van der Waals surface area contributed by atoms with E-state index in [9.17, 15) is 9.18 Å². The second-order valence-corrected chi connectivity index (χ2v) is 7.66. The molecule has 2 aromatic carbocycles. The number of aromatic nitrogens is 4. The summed E-state index contributed by atoms with van der Waals surface area (Å²) in [6, 6.07) is 14.2. The van der Waals surface area contributed by atoms with Gasteiger partial charge in [-0.05, 0) is 65.9 Å². The summed E-state index contributed by atoms with van der Waals surface area (Å²) in [7, 11) is 0. The van der Waals surface area contributed by atoms with Crippen LogP contribution in [0.15, 0.2) is 48.5 Å². The molecule has 1 N–H and O–H groups in total. The Balaban J connectivity index is 1.40. The normalized spacial score (nSPS) is 17.8. The lowest BCUT2D eigenvalue weighted by atomic mass is 9.64. The van der Waals surface area contributed by atoms with Gasteiger partial charge in [-0.25, -0.2) is 9.07 Å². The number of amides is 1. The van der Waals surface area contributed by atoms with Crippen molar-refractivity contribution in [2.24, 2.45) is 0 Å². The number of halogens is 1. The van der Waals surface area contributed by atoms with Crippen molar-refractivity contribution in [2.75, 3.05) is 5.32 Å². The number of anilines is 1. The lowest BCUT2D eigenvalue weighted by Crippen LogP contribution is -2.46. The maximum Gasteiger partial charge on any atom is 0.235 e. The van der Waals surface area contributed by atoms with E-state index in [2.05, 4.69) is 20.8 Å². The third-order valence-electron chi connectivity index (χ3n) is 5.80. The van der Waals surface area contributed by atoms with Crippen LogP contribution in [0.1, 0.15) is 43.7 Å². The maximum atomic E-state index is 13.3. The number of carbonyl (C=O) groups excluding carboxylic acids is 1. The first-order valence-corrected chi connectivity index (χ1v) is 9.61. The van der Waals surface area contributed by atoms with Crippen LogP contribution in [0.3, 0.4) is 0 Å². The molecule has 142 valence electrons. The zero-order valence-corrected chi connectivity index (χ0v) is 15.3. The Bertz CT molecular complexity index is 1020. The molecule has 1 aromatic heterocycles. The monoisotopic (exact) mass is 377 g/mol. The van der Waals surface area contributed by atoms with E-state index in [-0.39, 0.29) is 11.7 Å². The Hall–Kier alpha value is -3.09. The molecule has 2 fully saturated rings. The minimum atomic E-state index is -0.584. The molecule has 0 bridgehead atoms. The van der Waals surface area contributed by atoms with Crippen molar-refractivity contribution in [1.82, 2.24) is 20.2 Å². The van der Waals surface area contributed by atoms with E-state index < -0.39 is 5.41 Å². The highest BCUT2D eigenvalue weighted by Gasteiger charge is 2.45. The molecule has 6 nitrogen and oxygen atoms in total. The summed E-state index contributed by atoms with van der Waals surface area (Å²) < 4.78 is 15.2. The quantitative estimate of drug-likeness (QED) is 0.732. The minimum Gasteiger partial charge on any atom is -0.325 e. The van der Waals surface area contributed by atoms with Crippen molar-refractivity contribution >= 4 is 11.6 Å². The summed E-state index contributed by atoms with van der Waals surface area (Å²) in [6.45, 7) is 0. The molecule has 7 heteroatoms. The fraction of sp³-hybridized carbons (Fsp3) is 0.333. The molecule has 0 atom stereocenters. The smallest absolute Gasteiger partial charge is 0.235 e. The van der Waals surface area contributed by atoms with Gasteiger partial charge in [-0.15, -0.1) is 5.10 Å². The average Bonchev–Trinajstić information content (AvgIpc) is 3.39. The van der Waals surface area contributed by atoms with Gasteiger partial charge in [0.1, 0.15) is 5.82 Å². The van der Waals surface area contributed by atoms with Crippen LogP contribution >= 0.6 is 0 Å². The maximum absolute atomic E-state index is 13.3. The summed E-state index contributed by atoms with van der Waals surface area (Å²) in [5.41, 5.74) is 1.87. The number of carbonyl (C=O) groups is 1. The number of benzene rings is 2. The molecule has 0 radical (unpaired) electrons. The topological polar surface area (TPSA) is 72.7 Å². The van der Waals surface area contributed by atoms with Gasteiger partial charge < -0.3 is 5.32 Å². The molecule has 1 amide bonds. The van der Waals surface area contributed by atoms with Crippen molar-refractivity contribution in [3.05, 3.63) is 59.9 Å². The third kappa shape index (κ3) is 2.87. The molecule has 0 unspecified atom stereocenters. The van der Waals surface area contributed by atoms with Gasteiger partial charge in [0, 0.05) is 11.3 Å². The highest BCUT2D eigenvalue weighted by Crippen LogP contribution is 2.45. The first kappa shape index (κ1) is 17.0. The molecule has 0 saturated heterocycles. The predicted octanol–water partition coefficient (Wildman–Crippen LogP) is 3.87. The Kier molecular flexibility index (Phi) is 3.96. The summed E-state index contributed by atoms with van der Waals surface area (Å²) in [6.07, 6.45) is 4.71. The molecule has 5 rings (SSSR count). The Morgan fingerprint density at radius 1 is 1.14 bits per heavy atom. The number of hydrogen-bond acceptors (Lipinski definition) is 4. The standard InChI is InChI=1S/C21H20FN5O/c22-16-7-5-15(6-8-16)21(11-2-12-21)20(28)23-17-4-1-3-14(13-17)19-24-25-26-27(19)18-9-10-18/h1,3-8,13,18H,2,9-12H2,(H,23,28). The van der Waals surface area contributed by atoms with Gasteiger partial charge in [0.2, 0.25) is 5.91 Å². The molecule has 2 saturated carbocycles. The van der Waals surface area contributed by atoms with Gasteiger partial charge in [0.15, 0.2) is 5.82 Å². The van der Waals surface area contributed by atoms with Crippen LogP contribution in [0.2, 0.25) is 0 Å². The van der Waals surface area contributed by atoms with Crippen LogP contribution in [-0.4, -0.2) is 26.1 Å². The fourth-order valence-electron chi connectivity index (χ4n) is 3.88. The molecule has 28 heavy (non-hydrogen) atoms. The van der Waals surface area contributed by atoms with E-state index in [0.717, 1.165) is 49.1 Å². The number of hydrogen-bond donors (Lipinski definition) is 1. The van der Waals surface area contributed by atoms with Crippen molar-refractivity contribution in [3.63, 3.8) is 0 Å². The summed E-state index contributed by atoms with van der Waals surface area (Å²) in [5, 5.41) is 15.1. The Labute approximate surface area is 161 Å². The van der Waals surface area contributed by atoms with Crippen molar-refractivity contribution < 1.29 is 9.18 Å². The average molecular weight is 377 g/mol. The Morgan fingerprint density at radius 2 is 1.93 bits per heavy atom. The van der Waals surface area contributed by atoms with Crippen molar-refractivity contribution in [2.45, 2.75) is 43.6 Å². The number of nitrogens with one attached hydrogen (secondary N) is 1. The molecule has 3 aromatic rings. The molecular formula is C21H20FN5O. The Morgan fingerprint density at radius 3 is 2.61 bits per heavy atom. The van der Waals surface area contributed by atoms with E-state index >= 15 is 0 Å². The summed E-state index contributed by atoms with van der Waals surface area (Å²) >= 11 is 0. The van der Waals surface area contributed by atoms with Crippen molar-refractivity contribution in [3.8, 4) is 11.4 Å². The number of tetrazole rings is 1. The highest BCUT2D eigenvalue weighted by molar-refractivity contribution is 6.00. The van der Waals surface area contributed by atoms with E-state index in [1.165, 1.54) is 12.1 Å². The van der Waals surface area contributed by atoms with Crippen LogP contribution in [0.5, 0.6) is 0 Å². The SMILES string of the molecule is O=C(Nc1cccc(-c2nnnn2C2CC2)c1)C1(c2ccc(F)cc2)CCC1. The van der Waals surface area contributed by atoms with Crippen LogP contribution in [0, 0.1) is 5.82 Å². The zero-order chi connectivity index (χ0) is 19.1. The van der Waals surface area contributed by atoms with E-state index in [1.807, 2.05) is 28.9 Å². The second-order valence-electron chi connectivity index (χ2n) is 7.66. The highest BCUT2D eigenvalue weighted by atomic mass is 19.1. The van der Waals surface area contributed by atoms with Crippen LogP contribution in [0.4, 0.5) is 10.1 Å². The second kappa shape index (κ2) is 6.51. The molecule has 0 aliphatic heterocycles. The van der Waals surface area contributed by atoms with Gasteiger partial charge in [-0.1, -0.05) is 30.7 Å². The fourth-order valence-corrected chi connectivity index (χ4v) is 3.88. The third-order valence-corrected chi connectivity index (χ3v) is 5.80. The van der Waals surface area contributed by atoms with Gasteiger partial charge in [0.05, 0.1) is 11.5 Å². The predicted molar refractivity (Wildman–Crippen MR) is 102 cm³/mol. The van der Waals surface area contributed by atoms with Gasteiger partial charge in [-0.2, -0.15) is 0 Å². The molecule has 2 aliphatic rings. The van der Waals surface area contributed by atoms with Crippen LogP contribution in [-0.2, 0) is 10.2 Å². The first-order chi connectivity index (χ1) is 13.7. The van der Waals surface area contributed by atoms with Crippen LogP contribution in [0.25, 0.3) is 11.4 Å². The number of rotatable bonds is 5. The van der Waals surface area contributed by atoms with E-state index in [4.69, 9.17) is 0 Å². The van der Waals surface area contributed by atoms with E-state index in [1.54, 1.807) is 12.1 Å². The number of nitrogens with zero attached hydrogens (tertiary/aromatic N) is 4. The summed E-state index contributed by atoms with van der Waals surface area (Å²) in [4.78, 5) is 13.1. The minimum absolute atomic E-state index is 0.0516. The van der Waals surface area contributed by atoms with Crippen LogP contribution < -0.4 is 5.32 Å². The molecule has 0 spiro atoms. The summed E-state index contributed by atoms with van der Waals surface area (Å²) in [5.74, 6) is 0.375. The lowest BCUT2D eigenvalue weighted by molar-refractivity contribution is -0.124.